The van der Waals surface area contributed by atoms with Crippen molar-refractivity contribution in [2.24, 2.45) is 0 Å². The topological polar surface area (TPSA) is 34.2 Å². The molecule has 22 heavy (non-hydrogen) atoms. The molecule has 1 aromatic carbocycles. The molecule has 2 rings (SSSR count). The number of methoxy groups -OCH3 is 3. The van der Waals surface area contributed by atoms with Crippen LogP contribution in [0.4, 0.5) is 0 Å². The van der Waals surface area contributed by atoms with Crippen molar-refractivity contribution in [3.63, 3.8) is 0 Å². The van der Waals surface area contributed by atoms with Gasteiger partial charge in [-0.2, -0.15) is 0 Å². The Morgan fingerprint density at radius 3 is 2.05 bits per heavy atom. The van der Waals surface area contributed by atoms with E-state index in [1.807, 2.05) is 6.07 Å². The third-order valence-corrected chi connectivity index (χ3v) is 4.32. The molecule has 0 radical (unpaired) electrons. The van der Waals surface area contributed by atoms with Crippen LogP contribution in [0.2, 0.25) is 0 Å². The number of hydrogen-bond acceptors (Lipinski definition) is 5. The molecule has 0 saturated carbocycles. The van der Waals surface area contributed by atoms with E-state index >= 15 is 0 Å². The van der Waals surface area contributed by atoms with Crippen LogP contribution in [0.3, 0.4) is 0 Å². The Morgan fingerprint density at radius 1 is 0.909 bits per heavy atom. The molecular formula is C17H28N2O3. The molecule has 0 atom stereocenters. The quantitative estimate of drug-likeness (QED) is 0.805. The van der Waals surface area contributed by atoms with Crippen molar-refractivity contribution in [2.45, 2.75) is 26.4 Å². The predicted molar refractivity (Wildman–Crippen MR) is 88.1 cm³/mol. The molecular weight excluding hydrogens is 280 g/mol. The summed E-state index contributed by atoms with van der Waals surface area (Å²) in [6, 6.07) is 4.63. The Labute approximate surface area is 133 Å². The maximum Gasteiger partial charge on any atom is 0.203 e. The molecule has 0 spiro atoms. The number of hydrogen-bond donors (Lipinski definition) is 0. The minimum absolute atomic E-state index is 0.623. The first-order valence-electron chi connectivity index (χ1n) is 7.85. The largest absolute Gasteiger partial charge is 0.493 e. The molecule has 5 heteroatoms. The molecule has 124 valence electrons. The van der Waals surface area contributed by atoms with Crippen molar-refractivity contribution < 1.29 is 14.2 Å². The van der Waals surface area contributed by atoms with Gasteiger partial charge in [-0.05, 0) is 19.9 Å². The predicted octanol–water partition coefficient (Wildman–Crippen LogP) is 2.24. The van der Waals surface area contributed by atoms with Crippen LogP contribution < -0.4 is 14.2 Å². The average molecular weight is 308 g/mol. The van der Waals surface area contributed by atoms with E-state index in [1.165, 1.54) is 0 Å². The summed E-state index contributed by atoms with van der Waals surface area (Å²) in [4.78, 5) is 4.98. The van der Waals surface area contributed by atoms with Gasteiger partial charge < -0.3 is 14.2 Å². The zero-order valence-electron chi connectivity index (χ0n) is 14.4. The van der Waals surface area contributed by atoms with E-state index in [4.69, 9.17) is 14.2 Å². The summed E-state index contributed by atoms with van der Waals surface area (Å²) in [5, 5.41) is 0. The summed E-state index contributed by atoms with van der Waals surface area (Å²) < 4.78 is 16.4. The van der Waals surface area contributed by atoms with Crippen LogP contribution in [0.15, 0.2) is 12.1 Å². The normalized spacial score (nSPS) is 16.8. The summed E-state index contributed by atoms with van der Waals surface area (Å²) in [5.74, 6) is 2.14. The van der Waals surface area contributed by atoms with Gasteiger partial charge in [0, 0.05) is 44.3 Å². The van der Waals surface area contributed by atoms with Gasteiger partial charge in [0.2, 0.25) is 5.75 Å². The van der Waals surface area contributed by atoms with Crippen LogP contribution in [-0.2, 0) is 6.54 Å². The second kappa shape index (κ2) is 7.70. The molecule has 0 N–H and O–H groups in total. The molecule has 1 aliphatic rings. The molecule has 0 aliphatic carbocycles. The third-order valence-electron chi connectivity index (χ3n) is 4.32. The fourth-order valence-corrected chi connectivity index (χ4v) is 2.97. The SMILES string of the molecule is COc1ccc(CN2CCN(C(C)C)CC2)c(OC)c1OC. The van der Waals surface area contributed by atoms with Gasteiger partial charge in [0.25, 0.3) is 0 Å². The van der Waals surface area contributed by atoms with Gasteiger partial charge in [-0.25, -0.2) is 0 Å². The molecule has 0 unspecified atom stereocenters. The van der Waals surface area contributed by atoms with Crippen molar-refractivity contribution in [3.8, 4) is 17.2 Å². The van der Waals surface area contributed by atoms with Crippen LogP contribution in [0.5, 0.6) is 17.2 Å². The van der Waals surface area contributed by atoms with Gasteiger partial charge >= 0.3 is 0 Å². The molecule has 1 fully saturated rings. The molecule has 1 saturated heterocycles. The minimum atomic E-state index is 0.623. The van der Waals surface area contributed by atoms with Crippen molar-refractivity contribution >= 4 is 0 Å². The molecule has 1 aromatic rings. The first kappa shape index (κ1) is 16.9. The van der Waals surface area contributed by atoms with Gasteiger partial charge in [0.15, 0.2) is 11.5 Å². The van der Waals surface area contributed by atoms with E-state index in [0.717, 1.165) is 44.0 Å². The third kappa shape index (κ3) is 3.65. The molecule has 1 heterocycles. The summed E-state index contributed by atoms with van der Waals surface area (Å²) >= 11 is 0. The van der Waals surface area contributed by atoms with E-state index in [0.29, 0.717) is 17.5 Å². The first-order valence-corrected chi connectivity index (χ1v) is 7.85. The van der Waals surface area contributed by atoms with E-state index in [1.54, 1.807) is 21.3 Å². The highest BCUT2D eigenvalue weighted by molar-refractivity contribution is 5.55. The van der Waals surface area contributed by atoms with Gasteiger partial charge in [-0.1, -0.05) is 6.07 Å². The highest BCUT2D eigenvalue weighted by Crippen LogP contribution is 2.40. The van der Waals surface area contributed by atoms with Gasteiger partial charge in [0.05, 0.1) is 21.3 Å². The van der Waals surface area contributed by atoms with Gasteiger partial charge in [-0.15, -0.1) is 0 Å². The summed E-state index contributed by atoms with van der Waals surface area (Å²) in [5.41, 5.74) is 1.14. The van der Waals surface area contributed by atoms with Crippen molar-refractivity contribution in [1.29, 1.82) is 0 Å². The number of piperazine rings is 1. The maximum atomic E-state index is 5.57. The number of nitrogens with zero attached hydrogens (tertiary/aromatic N) is 2. The van der Waals surface area contributed by atoms with Crippen LogP contribution in [0.25, 0.3) is 0 Å². The zero-order chi connectivity index (χ0) is 16.1. The first-order chi connectivity index (χ1) is 10.6. The van der Waals surface area contributed by atoms with E-state index < -0.39 is 0 Å². The fraction of sp³-hybridized carbons (Fsp3) is 0.647. The Kier molecular flexibility index (Phi) is 5.91. The number of rotatable bonds is 6. The van der Waals surface area contributed by atoms with E-state index in [2.05, 4.69) is 29.7 Å². The standard InChI is InChI=1S/C17H28N2O3/c1-13(2)19-10-8-18(9-11-19)12-14-6-7-15(20-3)17(22-5)16(14)21-4/h6-7,13H,8-12H2,1-5H3. The fourth-order valence-electron chi connectivity index (χ4n) is 2.97. The Balaban J connectivity index is 2.10. The van der Waals surface area contributed by atoms with Crippen LogP contribution >= 0.6 is 0 Å². The Bertz CT molecular complexity index is 483. The molecule has 1 aliphatic heterocycles. The van der Waals surface area contributed by atoms with Crippen LogP contribution in [0, 0.1) is 0 Å². The van der Waals surface area contributed by atoms with Gasteiger partial charge in [-0.3, -0.25) is 9.80 Å². The van der Waals surface area contributed by atoms with Crippen LogP contribution in [0.1, 0.15) is 19.4 Å². The Hall–Kier alpha value is -1.46. The average Bonchev–Trinajstić information content (AvgIpc) is 2.54. The van der Waals surface area contributed by atoms with Crippen molar-refractivity contribution in [2.75, 3.05) is 47.5 Å². The highest BCUT2D eigenvalue weighted by atomic mass is 16.5. The van der Waals surface area contributed by atoms with E-state index in [-0.39, 0.29) is 0 Å². The van der Waals surface area contributed by atoms with Crippen molar-refractivity contribution in [1.82, 2.24) is 9.80 Å². The number of ether oxygens (including phenoxy) is 3. The lowest BCUT2D eigenvalue weighted by Crippen LogP contribution is -2.48. The lowest BCUT2D eigenvalue weighted by molar-refractivity contribution is 0.103. The second-order valence-corrected chi connectivity index (χ2v) is 5.90. The lowest BCUT2D eigenvalue weighted by atomic mass is 10.1. The van der Waals surface area contributed by atoms with Crippen molar-refractivity contribution in [3.05, 3.63) is 17.7 Å². The lowest BCUT2D eigenvalue weighted by Gasteiger charge is -2.37. The summed E-state index contributed by atoms with van der Waals surface area (Å²) in [6.07, 6.45) is 0. The maximum absolute atomic E-state index is 5.57. The molecule has 5 nitrogen and oxygen atoms in total. The second-order valence-electron chi connectivity index (χ2n) is 5.90. The zero-order valence-corrected chi connectivity index (χ0v) is 14.4. The summed E-state index contributed by atoms with van der Waals surface area (Å²) in [7, 11) is 4.96. The Morgan fingerprint density at radius 2 is 1.55 bits per heavy atom. The smallest absolute Gasteiger partial charge is 0.203 e. The number of benzene rings is 1. The molecule has 0 aromatic heterocycles. The molecule has 0 amide bonds. The molecule has 0 bridgehead atoms. The van der Waals surface area contributed by atoms with E-state index in [9.17, 15) is 0 Å². The highest BCUT2D eigenvalue weighted by Gasteiger charge is 2.22. The summed E-state index contributed by atoms with van der Waals surface area (Å²) in [6.45, 7) is 9.78. The van der Waals surface area contributed by atoms with Crippen LogP contribution in [-0.4, -0.2) is 63.4 Å². The minimum Gasteiger partial charge on any atom is -0.493 e. The van der Waals surface area contributed by atoms with Gasteiger partial charge in [0.1, 0.15) is 0 Å². The monoisotopic (exact) mass is 308 g/mol.